The number of nitrogens with two attached hydrogens (primary N) is 1. The summed E-state index contributed by atoms with van der Waals surface area (Å²) >= 11 is 0. The summed E-state index contributed by atoms with van der Waals surface area (Å²) in [6.07, 6.45) is 5.50. The molecular weight excluding hydrogens is 512 g/mol. The van der Waals surface area contributed by atoms with Crippen LogP contribution in [0.15, 0.2) is 6.07 Å². The fourth-order valence-corrected chi connectivity index (χ4v) is 8.46. The summed E-state index contributed by atoms with van der Waals surface area (Å²) in [5.41, 5.74) is 6.66. The SMILES string of the molecule is CC(=O)OC1CCC23Oc4c(c(O)cc5c4CN(CCCCC(N)C(=O)O)C5=O)CC2(C)C(C)CCC3C1(C)C. The average Bonchev–Trinajstić information content (AvgIpc) is 3.18. The van der Waals surface area contributed by atoms with Crippen molar-refractivity contribution in [2.75, 3.05) is 6.54 Å². The number of rotatable bonds is 7. The molecule has 2 aliphatic carbocycles. The van der Waals surface area contributed by atoms with E-state index in [1.807, 2.05) is 0 Å². The first kappa shape index (κ1) is 28.7. The van der Waals surface area contributed by atoms with Gasteiger partial charge in [-0.1, -0.05) is 27.7 Å². The zero-order valence-electron chi connectivity index (χ0n) is 24.4. The Bertz CT molecular complexity index is 1230. The molecule has 1 amide bonds. The van der Waals surface area contributed by atoms with E-state index in [4.69, 9.17) is 20.3 Å². The zero-order valence-corrected chi connectivity index (χ0v) is 24.4. The fourth-order valence-electron chi connectivity index (χ4n) is 8.46. The van der Waals surface area contributed by atoms with Crippen LogP contribution in [-0.4, -0.2) is 57.3 Å². The first-order valence-electron chi connectivity index (χ1n) is 14.7. The van der Waals surface area contributed by atoms with Crippen LogP contribution in [0.2, 0.25) is 0 Å². The van der Waals surface area contributed by atoms with E-state index in [0.29, 0.717) is 62.4 Å². The van der Waals surface area contributed by atoms with E-state index < -0.39 is 17.6 Å². The van der Waals surface area contributed by atoms with Crippen LogP contribution in [0.5, 0.6) is 11.5 Å². The summed E-state index contributed by atoms with van der Waals surface area (Å²) in [5.74, 6) is -0.167. The Morgan fingerprint density at radius 3 is 2.60 bits per heavy atom. The molecule has 40 heavy (non-hydrogen) atoms. The van der Waals surface area contributed by atoms with Crippen molar-refractivity contribution in [2.24, 2.45) is 28.4 Å². The molecule has 0 aromatic heterocycles. The van der Waals surface area contributed by atoms with Crippen LogP contribution in [0, 0.1) is 22.7 Å². The van der Waals surface area contributed by atoms with Gasteiger partial charge in [0.15, 0.2) is 0 Å². The predicted octanol–water partition coefficient (Wildman–Crippen LogP) is 4.41. The lowest BCUT2D eigenvalue weighted by Crippen LogP contribution is -2.70. The maximum absolute atomic E-state index is 13.4. The number of fused-ring (bicyclic) bond motifs is 3. The summed E-state index contributed by atoms with van der Waals surface area (Å²) in [7, 11) is 0. The lowest BCUT2D eigenvalue weighted by Gasteiger charge is -2.67. The van der Waals surface area contributed by atoms with E-state index in [9.17, 15) is 19.5 Å². The number of carboxylic acids is 1. The third kappa shape index (κ3) is 4.27. The van der Waals surface area contributed by atoms with Gasteiger partial charge in [-0.2, -0.15) is 0 Å². The highest BCUT2D eigenvalue weighted by Crippen LogP contribution is 2.67. The van der Waals surface area contributed by atoms with Crippen molar-refractivity contribution in [3.63, 3.8) is 0 Å². The van der Waals surface area contributed by atoms with Crippen LogP contribution in [0.3, 0.4) is 0 Å². The van der Waals surface area contributed by atoms with Crippen molar-refractivity contribution in [3.05, 3.63) is 22.8 Å². The van der Waals surface area contributed by atoms with Crippen molar-refractivity contribution >= 4 is 17.8 Å². The molecule has 2 heterocycles. The first-order chi connectivity index (χ1) is 18.7. The number of esters is 1. The topological polar surface area (TPSA) is 139 Å². The Labute approximate surface area is 236 Å². The number of nitrogens with zero attached hydrogens (tertiary/aromatic N) is 1. The maximum atomic E-state index is 13.4. The number of aliphatic carboxylic acids is 1. The number of unbranched alkanes of at least 4 members (excludes halogenated alkanes) is 1. The number of carbonyl (C=O) groups excluding carboxylic acids is 2. The van der Waals surface area contributed by atoms with Crippen molar-refractivity contribution in [3.8, 4) is 11.5 Å². The van der Waals surface area contributed by atoms with Crippen LogP contribution in [0.25, 0.3) is 0 Å². The second kappa shape index (κ2) is 9.93. The molecule has 0 bridgehead atoms. The van der Waals surface area contributed by atoms with Gasteiger partial charge in [0.05, 0.1) is 12.1 Å². The number of carboxylic acid groups (broad SMARTS) is 1. The number of aromatic hydroxyl groups is 1. The van der Waals surface area contributed by atoms with Gasteiger partial charge in [-0.05, 0) is 63.4 Å². The third-order valence-corrected chi connectivity index (χ3v) is 11.0. The molecule has 4 N–H and O–H groups in total. The lowest BCUT2D eigenvalue weighted by atomic mass is 9.43. The maximum Gasteiger partial charge on any atom is 0.320 e. The molecule has 9 nitrogen and oxygen atoms in total. The molecule has 4 aliphatic rings. The average molecular weight is 557 g/mol. The second-order valence-electron chi connectivity index (χ2n) is 13.5. The molecule has 1 aromatic carbocycles. The monoisotopic (exact) mass is 556 g/mol. The molecule has 2 saturated carbocycles. The van der Waals surface area contributed by atoms with Gasteiger partial charge in [0.1, 0.15) is 29.2 Å². The number of amides is 1. The van der Waals surface area contributed by atoms with Crippen molar-refractivity contribution in [1.29, 1.82) is 0 Å². The highest BCUT2D eigenvalue weighted by atomic mass is 16.5. The largest absolute Gasteiger partial charge is 0.508 e. The molecule has 1 aromatic rings. The van der Waals surface area contributed by atoms with E-state index in [0.717, 1.165) is 30.4 Å². The van der Waals surface area contributed by atoms with Crippen LogP contribution in [0.1, 0.15) is 101 Å². The van der Waals surface area contributed by atoms with Gasteiger partial charge in [0.25, 0.3) is 5.91 Å². The van der Waals surface area contributed by atoms with Gasteiger partial charge in [0, 0.05) is 41.3 Å². The fraction of sp³-hybridized carbons (Fsp3) is 0.710. The van der Waals surface area contributed by atoms with Gasteiger partial charge in [-0.15, -0.1) is 0 Å². The number of phenols is 1. The Hall–Kier alpha value is -2.81. The van der Waals surface area contributed by atoms with Crippen LogP contribution in [-0.2, 0) is 27.3 Å². The Kier molecular flexibility index (Phi) is 7.12. The number of phenolic OH excluding ortho intramolecular Hbond substituents is 1. The van der Waals surface area contributed by atoms with E-state index >= 15 is 0 Å². The van der Waals surface area contributed by atoms with Gasteiger partial charge in [0.2, 0.25) is 0 Å². The highest BCUT2D eigenvalue weighted by molar-refractivity contribution is 6.00. The Morgan fingerprint density at radius 2 is 1.93 bits per heavy atom. The molecule has 1 spiro atoms. The van der Waals surface area contributed by atoms with Crippen molar-refractivity contribution < 1.29 is 34.1 Å². The number of ether oxygens (including phenoxy) is 2. The molecule has 0 saturated heterocycles. The predicted molar refractivity (Wildman–Crippen MR) is 148 cm³/mol. The molecule has 9 heteroatoms. The van der Waals surface area contributed by atoms with Gasteiger partial charge in [-0.25, -0.2) is 0 Å². The second-order valence-corrected chi connectivity index (χ2v) is 13.5. The summed E-state index contributed by atoms with van der Waals surface area (Å²) < 4.78 is 13.1. The van der Waals surface area contributed by atoms with Gasteiger partial charge < -0.3 is 30.3 Å². The Morgan fingerprint density at radius 1 is 1.20 bits per heavy atom. The van der Waals surface area contributed by atoms with E-state index in [1.165, 1.54) is 6.92 Å². The van der Waals surface area contributed by atoms with Crippen molar-refractivity contribution in [1.82, 2.24) is 4.90 Å². The molecule has 2 aliphatic heterocycles. The normalized spacial score (nSPS) is 32.7. The summed E-state index contributed by atoms with van der Waals surface area (Å²) in [6.45, 7) is 11.3. The lowest BCUT2D eigenvalue weighted by molar-refractivity contribution is -0.238. The molecular formula is C31H44N2O7. The standard InChI is InChI=1S/C31H44N2O7/c1-17-9-10-24-29(3,4)25(39-18(2)34)11-12-31(24)30(17,5)15-20-23(35)14-19-21(26(20)40-31)16-33(27(19)36)13-7-6-8-22(32)28(37)38/h14,17,22,24-25,35H,6-13,15-16,32H2,1-5H3,(H,37,38). The minimum Gasteiger partial charge on any atom is -0.508 e. The minimum atomic E-state index is -1.02. The molecule has 6 atom stereocenters. The van der Waals surface area contributed by atoms with E-state index in [2.05, 4.69) is 27.7 Å². The van der Waals surface area contributed by atoms with Crippen molar-refractivity contribution in [2.45, 2.75) is 110 Å². The van der Waals surface area contributed by atoms with E-state index in [-0.39, 0.29) is 40.5 Å². The quantitative estimate of drug-likeness (QED) is 0.332. The first-order valence-corrected chi connectivity index (χ1v) is 14.7. The van der Waals surface area contributed by atoms with Crippen LogP contribution >= 0.6 is 0 Å². The highest BCUT2D eigenvalue weighted by Gasteiger charge is 2.68. The summed E-state index contributed by atoms with van der Waals surface area (Å²) in [4.78, 5) is 38.1. The third-order valence-electron chi connectivity index (χ3n) is 11.0. The minimum absolute atomic E-state index is 0.106. The zero-order chi connectivity index (χ0) is 29.2. The number of hydrogen-bond donors (Lipinski definition) is 3. The van der Waals surface area contributed by atoms with Gasteiger partial charge >= 0.3 is 11.9 Å². The number of benzene rings is 1. The number of carbonyl (C=O) groups is 3. The van der Waals surface area contributed by atoms with Gasteiger partial charge in [-0.3, -0.25) is 14.4 Å². The summed E-state index contributed by atoms with van der Waals surface area (Å²) in [6, 6.07) is 0.706. The van der Waals surface area contributed by atoms with Crippen LogP contribution < -0.4 is 10.5 Å². The van der Waals surface area contributed by atoms with Crippen LogP contribution in [0.4, 0.5) is 0 Å². The van der Waals surface area contributed by atoms with E-state index in [1.54, 1.807) is 11.0 Å². The molecule has 6 unspecified atom stereocenters. The molecule has 220 valence electrons. The number of hydrogen-bond acceptors (Lipinski definition) is 7. The smallest absolute Gasteiger partial charge is 0.320 e. The summed E-state index contributed by atoms with van der Waals surface area (Å²) in [5, 5.41) is 20.2. The molecule has 2 fully saturated rings. The molecule has 5 rings (SSSR count). The molecule has 0 radical (unpaired) electrons. The Balaban J connectivity index is 1.47.